The fraction of sp³-hybridized carbons (Fsp3) is 0.200. The van der Waals surface area contributed by atoms with E-state index in [1.807, 2.05) is 0 Å². The molecule has 0 bridgehead atoms. The van der Waals surface area contributed by atoms with Crippen molar-refractivity contribution in [2.45, 2.75) is 12.2 Å². The highest BCUT2D eigenvalue weighted by Gasteiger charge is 2.20. The van der Waals surface area contributed by atoms with Gasteiger partial charge in [-0.1, -0.05) is 17.7 Å². The summed E-state index contributed by atoms with van der Waals surface area (Å²) in [6, 6.07) is 5.21. The van der Waals surface area contributed by atoms with Crippen molar-refractivity contribution >= 4 is 17.6 Å². The zero-order valence-electron chi connectivity index (χ0n) is 7.96. The van der Waals surface area contributed by atoms with Gasteiger partial charge in [-0.15, -0.1) is 0 Å². The highest BCUT2D eigenvalue weighted by Crippen LogP contribution is 2.23. The zero-order chi connectivity index (χ0) is 12.3. The minimum absolute atomic E-state index is 0.0231. The van der Waals surface area contributed by atoms with Crippen LogP contribution in [0.3, 0.4) is 0 Å². The highest BCUT2D eigenvalue weighted by molar-refractivity contribution is 6.33. The maximum atomic E-state index is 10.7. The standard InChI is InChI=1S/C10H8ClNO4/c11-7-2-1-5(3-6(7)10(15)16)9(14)8(13)4-12/h1-3,8-9,13-14H,(H,15,16). The van der Waals surface area contributed by atoms with Crippen LogP contribution in [0.25, 0.3) is 0 Å². The van der Waals surface area contributed by atoms with Gasteiger partial charge in [0.2, 0.25) is 0 Å². The van der Waals surface area contributed by atoms with Crippen LogP contribution < -0.4 is 0 Å². The smallest absolute Gasteiger partial charge is 0.337 e. The maximum absolute atomic E-state index is 10.7. The predicted molar refractivity (Wildman–Crippen MR) is 55.0 cm³/mol. The Morgan fingerprint density at radius 3 is 2.56 bits per heavy atom. The summed E-state index contributed by atoms with van der Waals surface area (Å²) in [6.07, 6.45) is -3.07. The van der Waals surface area contributed by atoms with Crippen molar-refractivity contribution in [2.75, 3.05) is 0 Å². The van der Waals surface area contributed by atoms with Crippen LogP contribution in [0, 0.1) is 11.3 Å². The van der Waals surface area contributed by atoms with Gasteiger partial charge in [0.05, 0.1) is 16.7 Å². The first-order chi connectivity index (χ1) is 7.47. The fourth-order valence-electron chi connectivity index (χ4n) is 1.14. The molecule has 1 rings (SSSR count). The van der Waals surface area contributed by atoms with E-state index in [-0.39, 0.29) is 16.1 Å². The first kappa shape index (κ1) is 12.5. The number of rotatable bonds is 3. The first-order valence-electron chi connectivity index (χ1n) is 4.26. The number of carboxylic acids is 1. The van der Waals surface area contributed by atoms with Gasteiger partial charge < -0.3 is 15.3 Å². The van der Waals surface area contributed by atoms with Crippen LogP contribution in [0.4, 0.5) is 0 Å². The molecular formula is C10H8ClNO4. The van der Waals surface area contributed by atoms with E-state index in [9.17, 15) is 9.90 Å². The number of carbonyl (C=O) groups is 1. The lowest BCUT2D eigenvalue weighted by Crippen LogP contribution is -2.16. The Balaban J connectivity index is 3.13. The molecule has 0 saturated carbocycles. The van der Waals surface area contributed by atoms with Crippen molar-refractivity contribution < 1.29 is 20.1 Å². The number of benzene rings is 1. The highest BCUT2D eigenvalue weighted by atomic mass is 35.5. The number of carboxylic acid groups (broad SMARTS) is 1. The van der Waals surface area contributed by atoms with Crippen LogP contribution >= 0.6 is 11.6 Å². The largest absolute Gasteiger partial charge is 0.478 e. The topological polar surface area (TPSA) is 102 Å². The summed E-state index contributed by atoms with van der Waals surface area (Å²) in [6.45, 7) is 0. The van der Waals surface area contributed by atoms with Gasteiger partial charge in [0.25, 0.3) is 0 Å². The second-order valence-electron chi connectivity index (χ2n) is 3.06. The van der Waals surface area contributed by atoms with Gasteiger partial charge in [0.1, 0.15) is 6.10 Å². The van der Waals surface area contributed by atoms with Gasteiger partial charge in [-0.05, 0) is 17.7 Å². The number of nitrogens with zero attached hydrogens (tertiary/aromatic N) is 1. The number of aliphatic hydroxyl groups is 2. The van der Waals surface area contributed by atoms with Crippen LogP contribution in [-0.2, 0) is 0 Å². The Kier molecular flexibility index (Phi) is 3.85. The molecule has 0 saturated heterocycles. The molecule has 0 aliphatic rings. The SMILES string of the molecule is N#CC(O)C(O)c1ccc(Cl)c(C(=O)O)c1. The van der Waals surface area contributed by atoms with Gasteiger partial charge >= 0.3 is 5.97 Å². The summed E-state index contributed by atoms with van der Waals surface area (Å²) in [5, 5.41) is 35.8. The van der Waals surface area contributed by atoms with E-state index in [2.05, 4.69) is 0 Å². The summed E-state index contributed by atoms with van der Waals surface area (Å²) >= 11 is 5.62. The Morgan fingerprint density at radius 2 is 2.06 bits per heavy atom. The molecule has 0 spiro atoms. The molecule has 0 fully saturated rings. The number of halogens is 1. The number of aliphatic hydroxyl groups excluding tert-OH is 2. The summed E-state index contributed by atoms with van der Waals surface area (Å²) in [5.74, 6) is -1.24. The fourth-order valence-corrected chi connectivity index (χ4v) is 1.34. The van der Waals surface area contributed by atoms with E-state index in [0.29, 0.717) is 0 Å². The molecule has 0 aliphatic carbocycles. The first-order valence-corrected chi connectivity index (χ1v) is 4.63. The molecule has 2 atom stereocenters. The van der Waals surface area contributed by atoms with Crippen LogP contribution in [0.2, 0.25) is 5.02 Å². The quantitative estimate of drug-likeness (QED) is 0.684. The second-order valence-corrected chi connectivity index (χ2v) is 3.47. The minimum atomic E-state index is -1.61. The number of hydrogen-bond donors (Lipinski definition) is 3. The molecule has 3 N–H and O–H groups in total. The Morgan fingerprint density at radius 1 is 1.44 bits per heavy atom. The van der Waals surface area contributed by atoms with Gasteiger partial charge in [-0.3, -0.25) is 0 Å². The van der Waals surface area contributed by atoms with Crippen LogP contribution in [0.1, 0.15) is 22.0 Å². The lowest BCUT2D eigenvalue weighted by atomic mass is 10.0. The lowest BCUT2D eigenvalue weighted by molar-refractivity contribution is 0.0525. The van der Waals surface area contributed by atoms with Crippen molar-refractivity contribution in [3.63, 3.8) is 0 Å². The molecule has 0 amide bonds. The molecule has 0 aliphatic heterocycles. The molecule has 5 nitrogen and oxygen atoms in total. The number of aromatic carboxylic acids is 1. The van der Waals surface area contributed by atoms with E-state index in [1.54, 1.807) is 0 Å². The summed E-state index contributed by atoms with van der Waals surface area (Å²) < 4.78 is 0. The van der Waals surface area contributed by atoms with E-state index >= 15 is 0 Å². The molecule has 0 radical (unpaired) electrons. The summed E-state index contributed by atoms with van der Waals surface area (Å²) in [4.78, 5) is 10.7. The van der Waals surface area contributed by atoms with E-state index in [4.69, 9.17) is 27.1 Å². The third-order valence-corrected chi connectivity index (χ3v) is 2.32. The Labute approximate surface area is 96.1 Å². The third-order valence-electron chi connectivity index (χ3n) is 1.99. The number of hydrogen-bond acceptors (Lipinski definition) is 4. The van der Waals surface area contributed by atoms with E-state index in [1.165, 1.54) is 18.2 Å². The van der Waals surface area contributed by atoms with E-state index in [0.717, 1.165) is 6.07 Å². The maximum Gasteiger partial charge on any atom is 0.337 e. The molecular weight excluding hydrogens is 234 g/mol. The Hall–Kier alpha value is -1.61. The normalized spacial score (nSPS) is 13.9. The molecule has 1 aromatic rings. The van der Waals surface area contributed by atoms with Crippen molar-refractivity contribution in [3.8, 4) is 6.07 Å². The third kappa shape index (κ3) is 2.49. The average Bonchev–Trinajstić information content (AvgIpc) is 2.27. The van der Waals surface area contributed by atoms with Gasteiger partial charge in [0, 0.05) is 0 Å². The van der Waals surface area contributed by atoms with Crippen LogP contribution in [0.5, 0.6) is 0 Å². The van der Waals surface area contributed by atoms with Crippen LogP contribution in [0.15, 0.2) is 18.2 Å². The lowest BCUT2D eigenvalue weighted by Gasteiger charge is -2.12. The summed E-state index contributed by atoms with van der Waals surface area (Å²) in [7, 11) is 0. The van der Waals surface area contributed by atoms with Crippen molar-refractivity contribution in [2.24, 2.45) is 0 Å². The molecule has 16 heavy (non-hydrogen) atoms. The second kappa shape index (κ2) is 4.94. The predicted octanol–water partition coefficient (Wildman–Crippen LogP) is 0.956. The molecule has 0 aromatic heterocycles. The van der Waals surface area contributed by atoms with Crippen molar-refractivity contribution in [1.29, 1.82) is 5.26 Å². The summed E-state index contributed by atoms with van der Waals surface area (Å²) in [5.41, 5.74) is -0.0702. The van der Waals surface area contributed by atoms with Crippen molar-refractivity contribution in [1.82, 2.24) is 0 Å². The van der Waals surface area contributed by atoms with E-state index < -0.39 is 18.2 Å². The molecule has 0 heterocycles. The van der Waals surface area contributed by atoms with Gasteiger partial charge in [-0.2, -0.15) is 5.26 Å². The minimum Gasteiger partial charge on any atom is -0.478 e. The Bertz CT molecular complexity index is 455. The number of nitriles is 1. The monoisotopic (exact) mass is 241 g/mol. The average molecular weight is 242 g/mol. The van der Waals surface area contributed by atoms with Gasteiger partial charge in [0.15, 0.2) is 6.10 Å². The molecule has 1 aromatic carbocycles. The molecule has 2 unspecified atom stereocenters. The molecule has 6 heteroatoms. The molecule has 84 valence electrons. The van der Waals surface area contributed by atoms with Crippen LogP contribution in [-0.4, -0.2) is 27.4 Å². The van der Waals surface area contributed by atoms with Crippen molar-refractivity contribution in [3.05, 3.63) is 34.3 Å². The zero-order valence-corrected chi connectivity index (χ0v) is 8.72. The van der Waals surface area contributed by atoms with Gasteiger partial charge in [-0.25, -0.2) is 4.79 Å².